The lowest BCUT2D eigenvalue weighted by Gasteiger charge is -2.13. The number of carbonyl (C=O) groups is 1. The molecule has 0 aliphatic heterocycles. The Balaban J connectivity index is 2.06. The average molecular weight is 332 g/mol. The van der Waals surface area contributed by atoms with Gasteiger partial charge in [0.2, 0.25) is 0 Å². The zero-order chi connectivity index (χ0) is 17.3. The van der Waals surface area contributed by atoms with Gasteiger partial charge in [0.05, 0.1) is 5.56 Å². The van der Waals surface area contributed by atoms with Crippen molar-refractivity contribution in [2.75, 3.05) is 0 Å². The molecule has 3 aromatic rings. The average Bonchev–Trinajstić information content (AvgIpc) is 2.54. The summed E-state index contributed by atoms with van der Waals surface area (Å²) in [6, 6.07) is 14.2. The Morgan fingerprint density at radius 3 is 2.21 bits per heavy atom. The lowest BCUT2D eigenvalue weighted by Crippen LogP contribution is -2.04. The molecule has 3 rings (SSSR count). The number of hydrogen-bond acceptors (Lipinski definition) is 2. The molecule has 24 heavy (non-hydrogen) atoms. The molecule has 0 saturated carbocycles. The van der Waals surface area contributed by atoms with Crippen molar-refractivity contribution in [1.29, 1.82) is 0 Å². The van der Waals surface area contributed by atoms with E-state index in [1.54, 1.807) is 30.3 Å². The number of halogens is 3. The van der Waals surface area contributed by atoms with Gasteiger partial charge in [0.25, 0.3) is 0 Å². The normalized spacial score (nSPS) is 11.5. The summed E-state index contributed by atoms with van der Waals surface area (Å²) >= 11 is 0. The molecule has 0 aliphatic carbocycles. The van der Waals surface area contributed by atoms with Crippen molar-refractivity contribution in [3.63, 3.8) is 0 Å². The maximum Gasteiger partial charge on any atom is 0.416 e. The number of carboxylic acids is 1. The van der Waals surface area contributed by atoms with Crippen LogP contribution >= 0.6 is 0 Å². The number of alkyl halides is 3. The van der Waals surface area contributed by atoms with Crippen LogP contribution < -0.4 is 4.74 Å². The van der Waals surface area contributed by atoms with Crippen LogP contribution in [0.15, 0.2) is 60.7 Å². The molecular weight excluding hydrogens is 321 g/mol. The number of fused-ring (bicyclic) bond motifs is 1. The van der Waals surface area contributed by atoms with Crippen LogP contribution in [0.1, 0.15) is 15.9 Å². The fourth-order valence-electron chi connectivity index (χ4n) is 2.35. The lowest BCUT2D eigenvalue weighted by atomic mass is 10.1. The van der Waals surface area contributed by atoms with Gasteiger partial charge >= 0.3 is 12.1 Å². The molecule has 1 N–H and O–H groups in total. The van der Waals surface area contributed by atoms with Gasteiger partial charge < -0.3 is 9.84 Å². The van der Waals surface area contributed by atoms with E-state index in [2.05, 4.69) is 0 Å². The number of ether oxygens (including phenoxy) is 1. The van der Waals surface area contributed by atoms with E-state index >= 15 is 0 Å². The van der Waals surface area contributed by atoms with Crippen molar-refractivity contribution in [3.8, 4) is 11.5 Å². The monoisotopic (exact) mass is 332 g/mol. The van der Waals surface area contributed by atoms with Crippen LogP contribution in [0.4, 0.5) is 13.2 Å². The van der Waals surface area contributed by atoms with Crippen LogP contribution in [-0.4, -0.2) is 11.1 Å². The molecular formula is C18H11F3O3. The Bertz CT molecular complexity index is 900. The third-order valence-corrected chi connectivity index (χ3v) is 3.51. The highest BCUT2D eigenvalue weighted by Crippen LogP contribution is 2.35. The Labute approximate surface area is 134 Å². The molecule has 0 spiro atoms. The lowest BCUT2D eigenvalue weighted by molar-refractivity contribution is -0.137. The van der Waals surface area contributed by atoms with Crippen LogP contribution in [0.5, 0.6) is 11.5 Å². The number of benzene rings is 3. The Kier molecular flexibility index (Phi) is 3.89. The second-order valence-corrected chi connectivity index (χ2v) is 5.09. The van der Waals surface area contributed by atoms with E-state index in [0.29, 0.717) is 5.39 Å². The zero-order valence-corrected chi connectivity index (χ0v) is 12.2. The molecule has 6 heteroatoms. The summed E-state index contributed by atoms with van der Waals surface area (Å²) in [5.41, 5.74) is -0.861. The molecule has 0 aromatic heterocycles. The molecule has 3 aromatic carbocycles. The SMILES string of the molecule is O=C(O)c1ccc2ccccc2c1Oc1ccc(C(F)(F)F)cc1. The van der Waals surface area contributed by atoms with E-state index in [0.717, 1.165) is 29.7 Å². The van der Waals surface area contributed by atoms with Gasteiger partial charge in [0, 0.05) is 5.39 Å². The molecule has 0 saturated heterocycles. The van der Waals surface area contributed by atoms with Crippen LogP contribution in [0, 0.1) is 0 Å². The number of hydrogen-bond donors (Lipinski definition) is 1. The molecule has 0 unspecified atom stereocenters. The minimum atomic E-state index is -4.44. The van der Waals surface area contributed by atoms with E-state index in [1.807, 2.05) is 0 Å². The van der Waals surface area contributed by atoms with Crippen LogP contribution in [-0.2, 0) is 6.18 Å². The molecule has 3 nitrogen and oxygen atoms in total. The number of carboxylic acid groups (broad SMARTS) is 1. The summed E-state index contributed by atoms with van der Waals surface area (Å²) in [5.74, 6) is -0.954. The summed E-state index contributed by atoms with van der Waals surface area (Å²) in [6.45, 7) is 0. The Hall–Kier alpha value is -3.02. The van der Waals surface area contributed by atoms with E-state index < -0.39 is 17.7 Å². The summed E-state index contributed by atoms with van der Waals surface area (Å²) in [4.78, 5) is 11.4. The first-order valence-corrected chi connectivity index (χ1v) is 6.96. The summed E-state index contributed by atoms with van der Waals surface area (Å²) in [5, 5.41) is 10.7. The summed E-state index contributed by atoms with van der Waals surface area (Å²) < 4.78 is 43.4. The third-order valence-electron chi connectivity index (χ3n) is 3.51. The highest BCUT2D eigenvalue weighted by atomic mass is 19.4. The van der Waals surface area contributed by atoms with Gasteiger partial charge in [-0.05, 0) is 35.7 Å². The van der Waals surface area contributed by atoms with Crippen molar-refractivity contribution in [3.05, 3.63) is 71.8 Å². The van der Waals surface area contributed by atoms with Gasteiger partial charge in [-0.3, -0.25) is 0 Å². The van der Waals surface area contributed by atoms with Crippen molar-refractivity contribution >= 4 is 16.7 Å². The second kappa shape index (κ2) is 5.88. The Morgan fingerprint density at radius 2 is 1.58 bits per heavy atom. The fourth-order valence-corrected chi connectivity index (χ4v) is 2.35. The maximum atomic E-state index is 12.6. The molecule has 0 bridgehead atoms. The fraction of sp³-hybridized carbons (Fsp3) is 0.0556. The van der Waals surface area contributed by atoms with Crippen LogP contribution in [0.25, 0.3) is 10.8 Å². The highest BCUT2D eigenvalue weighted by molar-refractivity contribution is 6.00. The molecule has 0 aliphatic rings. The highest BCUT2D eigenvalue weighted by Gasteiger charge is 2.30. The Morgan fingerprint density at radius 1 is 0.917 bits per heavy atom. The van der Waals surface area contributed by atoms with Crippen molar-refractivity contribution in [2.24, 2.45) is 0 Å². The summed E-state index contributed by atoms with van der Waals surface area (Å²) in [7, 11) is 0. The van der Waals surface area contributed by atoms with Gasteiger partial charge in [0.1, 0.15) is 17.1 Å². The zero-order valence-electron chi connectivity index (χ0n) is 12.2. The van der Waals surface area contributed by atoms with E-state index in [4.69, 9.17) is 4.74 Å². The van der Waals surface area contributed by atoms with Crippen molar-refractivity contribution in [1.82, 2.24) is 0 Å². The predicted molar refractivity (Wildman–Crippen MR) is 82.4 cm³/mol. The van der Waals surface area contributed by atoms with Gasteiger partial charge in [0.15, 0.2) is 0 Å². The van der Waals surface area contributed by atoms with Crippen LogP contribution in [0.2, 0.25) is 0 Å². The van der Waals surface area contributed by atoms with Crippen molar-refractivity contribution in [2.45, 2.75) is 6.18 Å². The first-order chi connectivity index (χ1) is 11.4. The largest absolute Gasteiger partial charge is 0.478 e. The van der Waals surface area contributed by atoms with Gasteiger partial charge in [-0.15, -0.1) is 0 Å². The molecule has 122 valence electrons. The van der Waals surface area contributed by atoms with E-state index in [9.17, 15) is 23.1 Å². The summed E-state index contributed by atoms with van der Waals surface area (Å²) in [6.07, 6.45) is -4.44. The smallest absolute Gasteiger partial charge is 0.416 e. The second-order valence-electron chi connectivity index (χ2n) is 5.09. The molecule has 0 amide bonds. The molecule has 0 heterocycles. The standard InChI is InChI=1S/C18H11F3O3/c19-18(20,21)12-6-8-13(9-7-12)24-16-14-4-2-1-3-11(14)5-10-15(16)17(22)23/h1-10H,(H,22,23). The molecule has 0 fully saturated rings. The molecule has 0 atom stereocenters. The molecule has 0 radical (unpaired) electrons. The van der Waals surface area contributed by atoms with Gasteiger partial charge in [-0.1, -0.05) is 30.3 Å². The quantitative estimate of drug-likeness (QED) is 0.703. The first kappa shape index (κ1) is 15.9. The topological polar surface area (TPSA) is 46.5 Å². The minimum Gasteiger partial charge on any atom is -0.478 e. The van der Waals surface area contributed by atoms with E-state index in [1.165, 1.54) is 6.07 Å². The van der Waals surface area contributed by atoms with Gasteiger partial charge in [-0.2, -0.15) is 13.2 Å². The number of aromatic carboxylic acids is 1. The van der Waals surface area contributed by atoms with Crippen LogP contribution in [0.3, 0.4) is 0 Å². The minimum absolute atomic E-state index is 0.0615. The predicted octanol–water partition coefficient (Wildman–Crippen LogP) is 5.35. The van der Waals surface area contributed by atoms with Crippen molar-refractivity contribution < 1.29 is 27.8 Å². The third kappa shape index (κ3) is 3.03. The van der Waals surface area contributed by atoms with Gasteiger partial charge in [-0.25, -0.2) is 4.79 Å². The van der Waals surface area contributed by atoms with E-state index in [-0.39, 0.29) is 17.1 Å². The first-order valence-electron chi connectivity index (χ1n) is 6.96. The number of rotatable bonds is 3. The maximum absolute atomic E-state index is 12.6.